The minimum Gasteiger partial charge on any atom is -0.463 e. The number of halogens is 3. The zero-order chi connectivity index (χ0) is 26.0. The van der Waals surface area contributed by atoms with Crippen LogP contribution in [0, 0.1) is 0 Å². The van der Waals surface area contributed by atoms with E-state index in [1.807, 2.05) is 0 Å². The second-order valence-corrected chi connectivity index (χ2v) is 7.61. The van der Waals surface area contributed by atoms with Crippen molar-refractivity contribution < 1.29 is 32.6 Å². The van der Waals surface area contributed by atoms with Crippen molar-refractivity contribution in [1.29, 1.82) is 0 Å². The highest BCUT2D eigenvalue weighted by Gasteiger charge is 2.35. The van der Waals surface area contributed by atoms with Crippen LogP contribution in [-0.4, -0.2) is 88.0 Å². The Kier molecular flexibility index (Phi) is 6.69. The van der Waals surface area contributed by atoms with E-state index in [0.29, 0.717) is 27.3 Å². The zero-order valence-electron chi connectivity index (χ0n) is 18.3. The molecule has 1 amide bonds. The van der Waals surface area contributed by atoms with Gasteiger partial charge in [0.05, 0.1) is 30.5 Å². The van der Waals surface area contributed by atoms with Gasteiger partial charge in [-0.25, -0.2) is 19.2 Å². The van der Waals surface area contributed by atoms with Crippen molar-refractivity contribution in [2.24, 2.45) is 0 Å². The van der Waals surface area contributed by atoms with Gasteiger partial charge in [0.25, 0.3) is 0 Å². The second kappa shape index (κ2) is 9.72. The van der Waals surface area contributed by atoms with Gasteiger partial charge < -0.3 is 14.7 Å². The maximum Gasteiger partial charge on any atom is 0.438 e. The number of alkyl halides is 3. The third kappa shape index (κ3) is 5.02. The molecule has 0 bridgehead atoms. The maximum atomic E-state index is 13.1. The number of carboxylic acid groups (broad SMARTS) is 1. The van der Waals surface area contributed by atoms with E-state index in [4.69, 9.17) is 9.84 Å². The average molecular weight is 513 g/mol. The molecule has 1 aliphatic heterocycles. The molecule has 3 aromatic rings. The van der Waals surface area contributed by atoms with Gasteiger partial charge in [-0.1, -0.05) is 16.8 Å². The molecule has 36 heavy (non-hydrogen) atoms. The summed E-state index contributed by atoms with van der Waals surface area (Å²) in [6.07, 6.45) is -4.32. The molecule has 1 saturated heterocycles. The number of hydrogen-bond acceptors (Lipinski definition) is 9. The predicted octanol–water partition coefficient (Wildman–Crippen LogP) is 0.0489. The Morgan fingerprint density at radius 2 is 1.58 bits per heavy atom. The van der Waals surface area contributed by atoms with E-state index in [1.165, 1.54) is 17.0 Å². The Bertz CT molecular complexity index is 1380. The molecule has 18 heteroatoms. The van der Waals surface area contributed by atoms with Crippen LogP contribution in [0.1, 0.15) is 24.4 Å². The molecular weight excluding hydrogens is 495 g/mol. The van der Waals surface area contributed by atoms with Gasteiger partial charge in [0.2, 0.25) is 0 Å². The molecule has 0 unspecified atom stereocenters. The number of para-hydroxylation sites is 1. The summed E-state index contributed by atoms with van der Waals surface area (Å²) < 4.78 is 46.6. The lowest BCUT2D eigenvalue weighted by molar-refractivity contribution is -0.137. The van der Waals surface area contributed by atoms with Gasteiger partial charge in [-0.3, -0.25) is 0 Å². The monoisotopic (exact) mass is 513 g/mol. The third-order valence-corrected chi connectivity index (χ3v) is 5.16. The van der Waals surface area contributed by atoms with Gasteiger partial charge in [0, 0.05) is 13.1 Å². The van der Waals surface area contributed by atoms with Crippen LogP contribution in [0.2, 0.25) is 0 Å². The Morgan fingerprint density at radius 3 is 2.17 bits per heavy atom. The van der Waals surface area contributed by atoms with Gasteiger partial charge in [0.15, 0.2) is 0 Å². The molecule has 1 saturated carbocycles. The molecule has 0 atom stereocenters. The van der Waals surface area contributed by atoms with Gasteiger partial charge in [-0.15, -0.1) is 4.68 Å². The summed E-state index contributed by atoms with van der Waals surface area (Å²) in [4.78, 5) is 47.3. The third-order valence-electron chi connectivity index (χ3n) is 5.16. The van der Waals surface area contributed by atoms with Crippen LogP contribution in [0.3, 0.4) is 0 Å². The van der Waals surface area contributed by atoms with E-state index in [1.54, 1.807) is 0 Å². The number of carbonyl (C=O) groups excluding carboxylic acids is 1. The standard InChI is InChI=1S/C13H12F3N5O3.C5H6N4O3/c14-13(15,16)9-3-1-2-4-10(9)20-12(23)21(18-17-20)11(22)19-5-7-24-8-6-19;10-4-8(3-1-2-3)6-7-9(4)5(11)12/h1-4H,5-8H2;3H,1-2H2,(H,11,12). The highest BCUT2D eigenvalue weighted by molar-refractivity contribution is 5.75. The first-order valence-electron chi connectivity index (χ1n) is 10.5. The summed E-state index contributed by atoms with van der Waals surface area (Å²) in [7, 11) is 0. The molecule has 15 nitrogen and oxygen atoms in total. The van der Waals surface area contributed by atoms with Crippen molar-refractivity contribution >= 4 is 12.1 Å². The lowest BCUT2D eigenvalue weighted by Gasteiger charge is -2.25. The fourth-order valence-electron chi connectivity index (χ4n) is 3.23. The first kappa shape index (κ1) is 24.8. The number of aromatic nitrogens is 8. The molecule has 2 aliphatic rings. The van der Waals surface area contributed by atoms with E-state index in [-0.39, 0.29) is 19.1 Å². The highest BCUT2D eigenvalue weighted by atomic mass is 19.4. The molecule has 3 heterocycles. The fraction of sp³-hybridized carbons (Fsp3) is 0.444. The molecule has 2 fully saturated rings. The van der Waals surface area contributed by atoms with Gasteiger partial charge >= 0.3 is 29.7 Å². The normalized spacial score (nSPS) is 15.8. The number of hydrogen-bond donors (Lipinski definition) is 1. The van der Waals surface area contributed by atoms with E-state index in [0.717, 1.165) is 29.7 Å². The molecule has 2 aromatic heterocycles. The van der Waals surface area contributed by atoms with Crippen molar-refractivity contribution in [3.8, 4) is 5.69 Å². The topological polar surface area (TPSA) is 172 Å². The summed E-state index contributed by atoms with van der Waals surface area (Å²) in [5, 5.41) is 21.9. The van der Waals surface area contributed by atoms with Crippen LogP contribution >= 0.6 is 0 Å². The van der Waals surface area contributed by atoms with E-state index < -0.39 is 40.9 Å². The minimum absolute atomic E-state index is 0.0607. The van der Waals surface area contributed by atoms with Crippen LogP contribution in [-0.2, 0) is 10.9 Å². The second-order valence-electron chi connectivity index (χ2n) is 7.61. The van der Waals surface area contributed by atoms with Gasteiger partial charge in [0.1, 0.15) is 0 Å². The van der Waals surface area contributed by atoms with Crippen LogP contribution in [0.15, 0.2) is 33.9 Å². The number of ether oxygens (including phenoxy) is 1. The van der Waals surface area contributed by atoms with E-state index in [2.05, 4.69) is 20.9 Å². The van der Waals surface area contributed by atoms with Crippen LogP contribution in [0.4, 0.5) is 22.8 Å². The molecule has 1 aromatic carbocycles. The maximum absolute atomic E-state index is 13.1. The smallest absolute Gasteiger partial charge is 0.438 e. The van der Waals surface area contributed by atoms with E-state index >= 15 is 0 Å². The SMILES string of the molecule is O=C(N1CCOCC1)n1nnn(-c2ccccc2C(F)(F)F)c1=O.O=C(O)n1nnn(C2CC2)c1=O. The Labute approximate surface area is 197 Å². The lowest BCUT2D eigenvalue weighted by Crippen LogP contribution is -2.46. The summed E-state index contributed by atoms with van der Waals surface area (Å²) in [6.45, 7) is 1.14. The fourth-order valence-corrected chi connectivity index (χ4v) is 3.23. The summed E-state index contributed by atoms with van der Waals surface area (Å²) >= 11 is 0. The van der Waals surface area contributed by atoms with Crippen molar-refractivity contribution in [2.45, 2.75) is 25.1 Å². The number of morpholine rings is 1. The summed E-state index contributed by atoms with van der Waals surface area (Å²) in [5.41, 5.74) is -3.28. The number of amides is 1. The summed E-state index contributed by atoms with van der Waals surface area (Å²) in [5.74, 6) is 0. The van der Waals surface area contributed by atoms with Crippen molar-refractivity contribution in [3.63, 3.8) is 0 Å². The van der Waals surface area contributed by atoms with Crippen LogP contribution in [0.25, 0.3) is 5.69 Å². The first-order valence-corrected chi connectivity index (χ1v) is 10.5. The number of tetrazole rings is 2. The van der Waals surface area contributed by atoms with Crippen LogP contribution in [0.5, 0.6) is 0 Å². The molecule has 192 valence electrons. The Balaban J connectivity index is 0.000000211. The Morgan fingerprint density at radius 1 is 0.944 bits per heavy atom. The number of rotatable bonds is 2. The lowest BCUT2D eigenvalue weighted by atomic mass is 10.2. The predicted molar refractivity (Wildman–Crippen MR) is 110 cm³/mol. The van der Waals surface area contributed by atoms with Crippen molar-refractivity contribution in [3.05, 3.63) is 50.8 Å². The number of benzene rings is 1. The molecular formula is C18H18F3N9O6. The highest BCUT2D eigenvalue weighted by Crippen LogP contribution is 2.33. The minimum atomic E-state index is -4.67. The van der Waals surface area contributed by atoms with Crippen molar-refractivity contribution in [1.82, 2.24) is 44.5 Å². The van der Waals surface area contributed by atoms with E-state index in [9.17, 15) is 32.3 Å². The molecule has 1 aliphatic carbocycles. The van der Waals surface area contributed by atoms with Crippen molar-refractivity contribution in [2.75, 3.05) is 26.3 Å². The first-order chi connectivity index (χ1) is 17.1. The molecule has 0 radical (unpaired) electrons. The zero-order valence-corrected chi connectivity index (χ0v) is 18.3. The molecule has 0 spiro atoms. The molecule has 5 rings (SSSR count). The largest absolute Gasteiger partial charge is 0.463 e. The van der Waals surface area contributed by atoms with Crippen LogP contribution < -0.4 is 11.4 Å². The quantitative estimate of drug-likeness (QED) is 0.462. The number of nitrogens with zero attached hydrogens (tertiary/aromatic N) is 9. The Hall–Kier alpha value is -4.35. The summed E-state index contributed by atoms with van der Waals surface area (Å²) in [6, 6.07) is 3.75. The molecule has 1 N–H and O–H groups in total. The number of carbonyl (C=O) groups is 2. The average Bonchev–Trinajstić information content (AvgIpc) is 3.51. The van der Waals surface area contributed by atoms with Gasteiger partial charge in [-0.2, -0.15) is 22.5 Å². The van der Waals surface area contributed by atoms with Gasteiger partial charge in [-0.05, 0) is 45.8 Å².